The molecule has 1 aromatic rings. The molecule has 0 spiro atoms. The highest BCUT2D eigenvalue weighted by Gasteiger charge is 2.14. The van der Waals surface area contributed by atoms with Crippen LogP contribution in [-0.4, -0.2) is 30.2 Å². The van der Waals surface area contributed by atoms with Gasteiger partial charge in [0.25, 0.3) is 5.56 Å². The highest BCUT2D eigenvalue weighted by atomic mass is 16.5. The maximum atomic E-state index is 11.4. The second-order valence-electron chi connectivity index (χ2n) is 3.69. The van der Waals surface area contributed by atoms with Crippen LogP contribution in [0.3, 0.4) is 0 Å². The van der Waals surface area contributed by atoms with Crippen molar-refractivity contribution in [3.8, 4) is 0 Å². The van der Waals surface area contributed by atoms with E-state index in [4.69, 9.17) is 4.74 Å². The Balaban J connectivity index is 2.26. The number of hydrogen-bond donors (Lipinski definition) is 1. The van der Waals surface area contributed by atoms with Crippen LogP contribution in [0, 0.1) is 0 Å². The molecule has 0 saturated carbocycles. The Bertz CT molecular complexity index is 382. The Labute approximate surface area is 88.1 Å². The summed E-state index contributed by atoms with van der Waals surface area (Å²) in [4.78, 5) is 20.6. The molecular weight excluding hydrogens is 194 g/mol. The van der Waals surface area contributed by atoms with Gasteiger partial charge in [0.15, 0.2) is 0 Å². The second-order valence-corrected chi connectivity index (χ2v) is 3.69. The first-order valence-electron chi connectivity index (χ1n) is 5.14. The minimum atomic E-state index is -0.112. The standard InChI is InChI=1S/C10H15N3O2/c1-15-7-8-6-9(14)12-10(11-8)13-4-2-3-5-13/h6H,2-5,7H2,1H3,(H,11,12,14). The van der Waals surface area contributed by atoms with Crippen molar-refractivity contribution in [1.29, 1.82) is 0 Å². The first-order chi connectivity index (χ1) is 7.29. The van der Waals surface area contributed by atoms with E-state index in [0.717, 1.165) is 25.9 Å². The van der Waals surface area contributed by atoms with E-state index in [1.807, 2.05) is 0 Å². The van der Waals surface area contributed by atoms with Crippen molar-refractivity contribution < 1.29 is 4.74 Å². The first kappa shape index (κ1) is 10.2. The minimum absolute atomic E-state index is 0.112. The Morgan fingerprint density at radius 3 is 2.93 bits per heavy atom. The van der Waals surface area contributed by atoms with Crippen LogP contribution in [0.4, 0.5) is 5.95 Å². The third kappa shape index (κ3) is 2.36. The third-order valence-corrected chi connectivity index (χ3v) is 2.48. The van der Waals surface area contributed by atoms with Crippen LogP contribution in [0.25, 0.3) is 0 Å². The van der Waals surface area contributed by atoms with Gasteiger partial charge in [0.1, 0.15) is 0 Å². The van der Waals surface area contributed by atoms with Crippen molar-refractivity contribution >= 4 is 5.95 Å². The zero-order chi connectivity index (χ0) is 10.7. The monoisotopic (exact) mass is 209 g/mol. The van der Waals surface area contributed by atoms with E-state index in [9.17, 15) is 4.79 Å². The molecular formula is C10H15N3O2. The summed E-state index contributed by atoms with van der Waals surface area (Å²) in [5.74, 6) is 0.673. The summed E-state index contributed by atoms with van der Waals surface area (Å²) < 4.78 is 4.97. The molecule has 1 aliphatic rings. The molecule has 0 atom stereocenters. The van der Waals surface area contributed by atoms with Gasteiger partial charge in [0.2, 0.25) is 5.95 Å². The number of H-pyrrole nitrogens is 1. The number of ether oxygens (including phenoxy) is 1. The summed E-state index contributed by atoms with van der Waals surface area (Å²) in [5, 5.41) is 0. The van der Waals surface area contributed by atoms with E-state index in [-0.39, 0.29) is 5.56 Å². The molecule has 0 unspecified atom stereocenters. The molecule has 1 aromatic heterocycles. The van der Waals surface area contributed by atoms with Crippen molar-refractivity contribution in [1.82, 2.24) is 9.97 Å². The van der Waals surface area contributed by atoms with Crippen LogP contribution in [0.2, 0.25) is 0 Å². The van der Waals surface area contributed by atoms with E-state index in [1.54, 1.807) is 7.11 Å². The van der Waals surface area contributed by atoms with Gasteiger partial charge in [-0.05, 0) is 12.8 Å². The minimum Gasteiger partial charge on any atom is -0.378 e. The molecule has 5 nitrogen and oxygen atoms in total. The van der Waals surface area contributed by atoms with Crippen molar-refractivity contribution in [2.75, 3.05) is 25.1 Å². The largest absolute Gasteiger partial charge is 0.378 e. The highest BCUT2D eigenvalue weighted by molar-refractivity contribution is 5.31. The number of rotatable bonds is 3. The van der Waals surface area contributed by atoms with E-state index in [1.165, 1.54) is 6.07 Å². The van der Waals surface area contributed by atoms with E-state index in [2.05, 4.69) is 14.9 Å². The van der Waals surface area contributed by atoms with Crippen molar-refractivity contribution in [3.63, 3.8) is 0 Å². The predicted molar refractivity (Wildman–Crippen MR) is 57.0 cm³/mol. The van der Waals surface area contributed by atoms with E-state index >= 15 is 0 Å². The molecule has 5 heteroatoms. The lowest BCUT2D eigenvalue weighted by Crippen LogP contribution is -2.24. The van der Waals surface area contributed by atoms with Crippen LogP contribution in [0.1, 0.15) is 18.5 Å². The summed E-state index contributed by atoms with van der Waals surface area (Å²) in [6.45, 7) is 2.32. The van der Waals surface area contributed by atoms with Crippen LogP contribution in [0.15, 0.2) is 10.9 Å². The van der Waals surface area contributed by atoms with Crippen molar-refractivity contribution in [2.24, 2.45) is 0 Å². The molecule has 0 aliphatic carbocycles. The van der Waals surface area contributed by atoms with Gasteiger partial charge in [-0.2, -0.15) is 0 Å². The normalized spacial score (nSPS) is 15.9. The van der Waals surface area contributed by atoms with Gasteiger partial charge in [-0.3, -0.25) is 9.78 Å². The molecule has 1 saturated heterocycles. The summed E-state index contributed by atoms with van der Waals surface area (Å²) >= 11 is 0. The van der Waals surface area contributed by atoms with Gasteiger partial charge in [-0.15, -0.1) is 0 Å². The average Bonchev–Trinajstić information content (AvgIpc) is 2.70. The molecule has 15 heavy (non-hydrogen) atoms. The highest BCUT2D eigenvalue weighted by Crippen LogP contribution is 2.14. The molecule has 82 valence electrons. The van der Waals surface area contributed by atoms with Gasteiger partial charge in [0.05, 0.1) is 12.3 Å². The number of nitrogens with one attached hydrogen (secondary N) is 1. The van der Waals surface area contributed by atoms with E-state index in [0.29, 0.717) is 18.2 Å². The van der Waals surface area contributed by atoms with Gasteiger partial charge >= 0.3 is 0 Å². The van der Waals surface area contributed by atoms with Crippen LogP contribution >= 0.6 is 0 Å². The molecule has 0 bridgehead atoms. The fraction of sp³-hybridized carbons (Fsp3) is 0.600. The lowest BCUT2D eigenvalue weighted by Gasteiger charge is -2.15. The number of aromatic amines is 1. The topological polar surface area (TPSA) is 58.2 Å². The molecule has 1 fully saturated rings. The number of methoxy groups -OCH3 is 1. The van der Waals surface area contributed by atoms with Crippen LogP contribution in [-0.2, 0) is 11.3 Å². The molecule has 1 aliphatic heterocycles. The van der Waals surface area contributed by atoms with Crippen LogP contribution < -0.4 is 10.5 Å². The maximum absolute atomic E-state index is 11.4. The summed E-state index contributed by atoms with van der Waals surface area (Å²) in [7, 11) is 1.60. The summed E-state index contributed by atoms with van der Waals surface area (Å²) in [5.41, 5.74) is 0.571. The lowest BCUT2D eigenvalue weighted by atomic mass is 10.4. The third-order valence-electron chi connectivity index (χ3n) is 2.48. The molecule has 2 heterocycles. The molecule has 1 N–H and O–H groups in total. The fourth-order valence-corrected chi connectivity index (χ4v) is 1.79. The quantitative estimate of drug-likeness (QED) is 0.788. The summed E-state index contributed by atoms with van der Waals surface area (Å²) in [6.07, 6.45) is 2.33. The number of nitrogens with zero attached hydrogens (tertiary/aromatic N) is 2. The second kappa shape index (κ2) is 4.44. The SMILES string of the molecule is COCc1cc(=O)[nH]c(N2CCCC2)n1. The Morgan fingerprint density at radius 2 is 2.27 bits per heavy atom. The van der Waals surface area contributed by atoms with Gasteiger partial charge in [-0.25, -0.2) is 4.98 Å². The Morgan fingerprint density at radius 1 is 1.53 bits per heavy atom. The molecule has 0 radical (unpaired) electrons. The smallest absolute Gasteiger partial charge is 0.252 e. The lowest BCUT2D eigenvalue weighted by molar-refractivity contribution is 0.181. The van der Waals surface area contributed by atoms with E-state index < -0.39 is 0 Å². The molecule has 0 aromatic carbocycles. The van der Waals surface area contributed by atoms with Crippen molar-refractivity contribution in [3.05, 3.63) is 22.1 Å². The number of hydrogen-bond acceptors (Lipinski definition) is 4. The van der Waals surface area contributed by atoms with Gasteiger partial charge < -0.3 is 9.64 Å². The Hall–Kier alpha value is -1.36. The van der Waals surface area contributed by atoms with Crippen molar-refractivity contribution in [2.45, 2.75) is 19.4 Å². The fourth-order valence-electron chi connectivity index (χ4n) is 1.79. The molecule has 0 amide bonds. The predicted octanol–water partition coefficient (Wildman–Crippen LogP) is 0.516. The zero-order valence-corrected chi connectivity index (χ0v) is 8.82. The zero-order valence-electron chi connectivity index (χ0n) is 8.82. The summed E-state index contributed by atoms with van der Waals surface area (Å²) in [6, 6.07) is 1.48. The number of aromatic nitrogens is 2. The molecule has 2 rings (SSSR count). The maximum Gasteiger partial charge on any atom is 0.252 e. The Kier molecular flexibility index (Phi) is 3.01. The first-order valence-corrected chi connectivity index (χ1v) is 5.14. The van der Waals surface area contributed by atoms with Crippen LogP contribution in [0.5, 0.6) is 0 Å². The average molecular weight is 209 g/mol. The number of anilines is 1. The van der Waals surface area contributed by atoms with Gasteiger partial charge in [-0.1, -0.05) is 0 Å². The van der Waals surface area contributed by atoms with Gasteiger partial charge in [0, 0.05) is 26.3 Å².